The highest BCUT2D eigenvalue weighted by Crippen LogP contribution is 2.37. The number of amides is 3. The zero-order chi connectivity index (χ0) is 15.7. The SMILES string of the molecule is CC1CCCC(NC(=O)CN2C(=O)C3CCCCC3C2=O)C1. The van der Waals surface area contributed by atoms with Crippen LogP contribution in [0.15, 0.2) is 0 Å². The van der Waals surface area contributed by atoms with E-state index in [1.807, 2.05) is 0 Å². The van der Waals surface area contributed by atoms with Crippen molar-refractivity contribution in [1.29, 1.82) is 0 Å². The van der Waals surface area contributed by atoms with Gasteiger partial charge in [0.15, 0.2) is 0 Å². The van der Waals surface area contributed by atoms with Gasteiger partial charge in [0.05, 0.1) is 11.8 Å². The molecule has 3 aliphatic rings. The van der Waals surface area contributed by atoms with Crippen LogP contribution in [-0.2, 0) is 14.4 Å². The standard InChI is InChI=1S/C17H26N2O3/c1-11-5-4-6-12(9-11)18-15(20)10-19-16(21)13-7-2-3-8-14(13)17(19)22/h11-14H,2-10H2,1H3,(H,18,20). The molecule has 3 rings (SSSR count). The van der Waals surface area contributed by atoms with Crippen LogP contribution in [0.4, 0.5) is 0 Å². The van der Waals surface area contributed by atoms with Crippen molar-refractivity contribution in [2.75, 3.05) is 6.54 Å². The van der Waals surface area contributed by atoms with Crippen LogP contribution in [-0.4, -0.2) is 35.2 Å². The van der Waals surface area contributed by atoms with Gasteiger partial charge in [0.25, 0.3) is 0 Å². The van der Waals surface area contributed by atoms with E-state index in [0.717, 1.165) is 44.9 Å². The zero-order valence-electron chi connectivity index (χ0n) is 13.3. The number of rotatable bonds is 3. The molecule has 2 aliphatic carbocycles. The normalized spacial score (nSPS) is 35.4. The minimum atomic E-state index is -0.181. The summed E-state index contributed by atoms with van der Waals surface area (Å²) in [4.78, 5) is 38.1. The van der Waals surface area contributed by atoms with E-state index in [1.165, 1.54) is 11.3 Å². The number of hydrogen-bond acceptors (Lipinski definition) is 3. The summed E-state index contributed by atoms with van der Waals surface area (Å²) in [6, 6.07) is 0.200. The highest BCUT2D eigenvalue weighted by Gasteiger charge is 2.48. The first-order valence-corrected chi connectivity index (χ1v) is 8.71. The lowest BCUT2D eigenvalue weighted by atomic mass is 9.81. The van der Waals surface area contributed by atoms with Gasteiger partial charge in [-0.1, -0.05) is 32.6 Å². The average Bonchev–Trinajstić information content (AvgIpc) is 2.73. The van der Waals surface area contributed by atoms with Crippen LogP contribution in [0.1, 0.15) is 58.3 Å². The molecule has 0 aromatic rings. The predicted molar refractivity (Wildman–Crippen MR) is 81.7 cm³/mol. The van der Waals surface area contributed by atoms with Crippen molar-refractivity contribution in [1.82, 2.24) is 10.2 Å². The Morgan fingerprint density at radius 2 is 1.68 bits per heavy atom. The molecule has 0 bridgehead atoms. The number of carbonyl (C=O) groups excluding carboxylic acids is 3. The van der Waals surface area contributed by atoms with Gasteiger partial charge in [-0.15, -0.1) is 0 Å². The molecule has 1 N–H and O–H groups in total. The number of carbonyl (C=O) groups is 3. The summed E-state index contributed by atoms with van der Waals surface area (Å²) in [7, 11) is 0. The minimum Gasteiger partial charge on any atom is -0.352 e. The molecular weight excluding hydrogens is 280 g/mol. The summed E-state index contributed by atoms with van der Waals surface area (Å²) in [5.74, 6) is -0.118. The maximum absolute atomic E-state index is 12.4. The van der Waals surface area contributed by atoms with E-state index in [9.17, 15) is 14.4 Å². The third-order valence-corrected chi connectivity index (χ3v) is 5.54. The summed E-state index contributed by atoms with van der Waals surface area (Å²) >= 11 is 0. The molecule has 3 amide bonds. The van der Waals surface area contributed by atoms with Gasteiger partial charge >= 0.3 is 0 Å². The predicted octanol–water partition coefficient (Wildman–Crippen LogP) is 1.86. The molecule has 4 unspecified atom stereocenters. The highest BCUT2D eigenvalue weighted by molar-refractivity contribution is 6.07. The van der Waals surface area contributed by atoms with E-state index in [1.54, 1.807) is 0 Å². The summed E-state index contributed by atoms with van der Waals surface area (Å²) < 4.78 is 0. The number of likely N-dealkylation sites (tertiary alicyclic amines) is 1. The van der Waals surface area contributed by atoms with Crippen LogP contribution in [0.5, 0.6) is 0 Å². The van der Waals surface area contributed by atoms with Crippen LogP contribution in [0.2, 0.25) is 0 Å². The third kappa shape index (κ3) is 3.03. The molecule has 5 heteroatoms. The van der Waals surface area contributed by atoms with Gasteiger partial charge in [-0.05, 0) is 31.6 Å². The Morgan fingerprint density at radius 1 is 1.05 bits per heavy atom. The first-order chi connectivity index (χ1) is 10.6. The zero-order valence-corrected chi connectivity index (χ0v) is 13.3. The average molecular weight is 306 g/mol. The second kappa shape index (κ2) is 6.39. The highest BCUT2D eigenvalue weighted by atomic mass is 16.2. The van der Waals surface area contributed by atoms with Gasteiger partial charge in [0, 0.05) is 6.04 Å². The molecule has 1 heterocycles. The quantitative estimate of drug-likeness (QED) is 0.809. The van der Waals surface area contributed by atoms with Gasteiger partial charge in [0.2, 0.25) is 17.7 Å². The fourth-order valence-corrected chi connectivity index (χ4v) is 4.37. The molecule has 0 aromatic carbocycles. The van der Waals surface area contributed by atoms with E-state index in [2.05, 4.69) is 12.2 Å². The third-order valence-electron chi connectivity index (χ3n) is 5.54. The van der Waals surface area contributed by atoms with Crippen LogP contribution in [0, 0.1) is 17.8 Å². The Labute approximate surface area is 131 Å². The van der Waals surface area contributed by atoms with Crippen molar-refractivity contribution in [2.45, 2.75) is 64.3 Å². The van der Waals surface area contributed by atoms with Crippen molar-refractivity contribution in [3.05, 3.63) is 0 Å². The van der Waals surface area contributed by atoms with Gasteiger partial charge in [0.1, 0.15) is 6.54 Å². The van der Waals surface area contributed by atoms with Crippen LogP contribution in [0.3, 0.4) is 0 Å². The largest absolute Gasteiger partial charge is 0.352 e. The van der Waals surface area contributed by atoms with Crippen molar-refractivity contribution in [3.8, 4) is 0 Å². The van der Waals surface area contributed by atoms with Crippen molar-refractivity contribution in [3.63, 3.8) is 0 Å². The van der Waals surface area contributed by atoms with Crippen LogP contribution < -0.4 is 5.32 Å². The van der Waals surface area contributed by atoms with E-state index in [0.29, 0.717) is 5.92 Å². The number of fused-ring (bicyclic) bond motifs is 1. The molecule has 122 valence electrons. The Morgan fingerprint density at radius 3 is 2.27 bits per heavy atom. The fraction of sp³-hybridized carbons (Fsp3) is 0.824. The summed E-state index contributed by atoms with van der Waals surface area (Å²) in [6.07, 6.45) is 7.99. The molecule has 1 saturated heterocycles. The summed E-state index contributed by atoms with van der Waals surface area (Å²) in [5, 5.41) is 3.01. The van der Waals surface area contributed by atoms with Gasteiger partial charge in [-0.3, -0.25) is 19.3 Å². The molecule has 0 radical (unpaired) electrons. The fourth-order valence-electron chi connectivity index (χ4n) is 4.37. The monoisotopic (exact) mass is 306 g/mol. The number of imide groups is 1. The van der Waals surface area contributed by atoms with E-state index in [4.69, 9.17) is 0 Å². The van der Waals surface area contributed by atoms with Gasteiger partial charge in [-0.25, -0.2) is 0 Å². The lowest BCUT2D eigenvalue weighted by Crippen LogP contribution is -2.45. The Hall–Kier alpha value is -1.39. The second-order valence-electron chi connectivity index (χ2n) is 7.30. The number of hydrogen-bond donors (Lipinski definition) is 1. The van der Waals surface area contributed by atoms with Crippen molar-refractivity contribution < 1.29 is 14.4 Å². The number of nitrogens with zero attached hydrogens (tertiary/aromatic N) is 1. The second-order valence-corrected chi connectivity index (χ2v) is 7.30. The first-order valence-electron chi connectivity index (χ1n) is 8.71. The molecular formula is C17H26N2O3. The smallest absolute Gasteiger partial charge is 0.240 e. The van der Waals surface area contributed by atoms with E-state index in [-0.39, 0.29) is 42.1 Å². The lowest BCUT2D eigenvalue weighted by molar-refractivity contribution is -0.143. The minimum absolute atomic E-state index is 0.0878. The molecule has 4 atom stereocenters. The first kappa shape index (κ1) is 15.5. The Balaban J connectivity index is 1.57. The maximum atomic E-state index is 12.4. The molecule has 2 saturated carbocycles. The van der Waals surface area contributed by atoms with Gasteiger partial charge in [-0.2, -0.15) is 0 Å². The Bertz CT molecular complexity index is 453. The van der Waals surface area contributed by atoms with E-state index >= 15 is 0 Å². The molecule has 1 aliphatic heterocycles. The molecule has 3 fully saturated rings. The number of nitrogens with one attached hydrogen (secondary N) is 1. The summed E-state index contributed by atoms with van der Waals surface area (Å²) in [5.41, 5.74) is 0. The lowest BCUT2D eigenvalue weighted by Gasteiger charge is -2.28. The Kier molecular flexibility index (Phi) is 4.50. The van der Waals surface area contributed by atoms with Crippen molar-refractivity contribution >= 4 is 17.7 Å². The molecule has 22 heavy (non-hydrogen) atoms. The molecule has 0 aromatic heterocycles. The van der Waals surface area contributed by atoms with E-state index < -0.39 is 0 Å². The van der Waals surface area contributed by atoms with Crippen molar-refractivity contribution in [2.24, 2.45) is 17.8 Å². The van der Waals surface area contributed by atoms with Gasteiger partial charge < -0.3 is 5.32 Å². The maximum Gasteiger partial charge on any atom is 0.240 e. The summed E-state index contributed by atoms with van der Waals surface area (Å²) in [6.45, 7) is 2.12. The molecule has 0 spiro atoms. The topological polar surface area (TPSA) is 66.5 Å². The molecule has 5 nitrogen and oxygen atoms in total. The van der Waals surface area contributed by atoms with Crippen LogP contribution in [0.25, 0.3) is 0 Å². The van der Waals surface area contributed by atoms with Crippen LogP contribution >= 0.6 is 0 Å².